The van der Waals surface area contributed by atoms with Crippen molar-refractivity contribution in [2.45, 2.75) is 19.9 Å². The second-order valence-corrected chi connectivity index (χ2v) is 1.85. The summed E-state index contributed by atoms with van der Waals surface area (Å²) < 4.78 is 0. The molecular weight excluding hydrogens is 138 g/mol. The molecular formula is C5H11NO4. The van der Waals surface area contributed by atoms with Crippen LogP contribution in [-0.2, 0) is 9.59 Å². The molecule has 5 nitrogen and oxygen atoms in total. The molecule has 0 atom stereocenters. The van der Waals surface area contributed by atoms with Gasteiger partial charge in [0.1, 0.15) is 0 Å². The van der Waals surface area contributed by atoms with Gasteiger partial charge in [-0.3, -0.25) is 0 Å². The molecule has 0 aliphatic carbocycles. The zero-order chi connectivity index (χ0) is 8.73. The standard InChI is InChI=1S/C3H9N.C2H2O4/c1-3(2)4;3-1(4)2(5)6/h3H,4H2,1-2H3;(H,3,4)(H,5,6). The number of nitrogens with two attached hydrogens (primary N) is 1. The minimum Gasteiger partial charge on any atom is -0.473 e. The Morgan fingerprint density at radius 1 is 1.20 bits per heavy atom. The van der Waals surface area contributed by atoms with E-state index in [0.717, 1.165) is 0 Å². The maximum atomic E-state index is 9.10. The maximum Gasteiger partial charge on any atom is 0.414 e. The first kappa shape index (κ1) is 11.7. The average Bonchev–Trinajstić information content (AvgIpc) is 1.63. The van der Waals surface area contributed by atoms with Gasteiger partial charge in [0.15, 0.2) is 0 Å². The summed E-state index contributed by atoms with van der Waals surface area (Å²) in [6.45, 7) is 3.89. The predicted molar refractivity (Wildman–Crippen MR) is 34.6 cm³/mol. The fraction of sp³-hybridized carbons (Fsp3) is 0.600. The molecule has 0 saturated carbocycles. The van der Waals surface area contributed by atoms with E-state index in [2.05, 4.69) is 0 Å². The van der Waals surface area contributed by atoms with Crippen LogP contribution in [-0.4, -0.2) is 28.2 Å². The third kappa shape index (κ3) is 28.6. The van der Waals surface area contributed by atoms with Crippen LogP contribution in [0.2, 0.25) is 0 Å². The third-order valence-corrected chi connectivity index (χ3v) is 0.183. The van der Waals surface area contributed by atoms with Crippen LogP contribution in [0.4, 0.5) is 0 Å². The molecule has 0 spiro atoms. The molecule has 0 aliphatic rings. The Bertz CT molecular complexity index is 106. The Morgan fingerprint density at radius 2 is 1.30 bits per heavy atom. The maximum absolute atomic E-state index is 9.10. The number of hydrogen-bond donors (Lipinski definition) is 3. The Balaban J connectivity index is 0. The summed E-state index contributed by atoms with van der Waals surface area (Å²) in [5, 5.41) is 14.8. The van der Waals surface area contributed by atoms with Crippen molar-refractivity contribution < 1.29 is 19.8 Å². The Kier molecular flexibility index (Phi) is 7.03. The van der Waals surface area contributed by atoms with Crippen molar-refractivity contribution in [3.05, 3.63) is 0 Å². The topological polar surface area (TPSA) is 101 Å². The summed E-state index contributed by atoms with van der Waals surface area (Å²) in [7, 11) is 0. The minimum atomic E-state index is -1.82. The molecule has 0 saturated heterocycles. The molecule has 0 aromatic carbocycles. The summed E-state index contributed by atoms with van der Waals surface area (Å²) in [6, 6.07) is 0.333. The SMILES string of the molecule is CC(C)N.O=C(O)C(=O)O. The van der Waals surface area contributed by atoms with Gasteiger partial charge < -0.3 is 15.9 Å². The van der Waals surface area contributed by atoms with E-state index in [4.69, 9.17) is 25.5 Å². The highest BCUT2D eigenvalue weighted by Gasteiger charge is 2.04. The van der Waals surface area contributed by atoms with Crippen molar-refractivity contribution >= 4 is 11.9 Å². The lowest BCUT2D eigenvalue weighted by Crippen LogP contribution is -2.09. The van der Waals surface area contributed by atoms with Gasteiger partial charge in [-0.15, -0.1) is 0 Å². The largest absolute Gasteiger partial charge is 0.473 e. The quantitative estimate of drug-likeness (QED) is 0.403. The molecule has 60 valence electrons. The van der Waals surface area contributed by atoms with Gasteiger partial charge in [-0.2, -0.15) is 0 Å². The highest BCUT2D eigenvalue weighted by molar-refractivity contribution is 6.27. The molecule has 4 N–H and O–H groups in total. The van der Waals surface area contributed by atoms with Gasteiger partial charge in [-0.1, -0.05) is 13.8 Å². The lowest BCUT2D eigenvalue weighted by molar-refractivity contribution is -0.159. The highest BCUT2D eigenvalue weighted by atomic mass is 16.4. The molecule has 0 bridgehead atoms. The molecule has 0 fully saturated rings. The monoisotopic (exact) mass is 149 g/mol. The molecule has 0 radical (unpaired) electrons. The molecule has 0 aromatic heterocycles. The van der Waals surface area contributed by atoms with Crippen molar-refractivity contribution in [1.82, 2.24) is 0 Å². The lowest BCUT2D eigenvalue weighted by atomic mass is 10.5. The predicted octanol–water partition coefficient (Wildman–Crippen LogP) is -0.491. The summed E-state index contributed by atoms with van der Waals surface area (Å²) in [4.78, 5) is 18.2. The number of aliphatic carboxylic acids is 2. The van der Waals surface area contributed by atoms with Crippen LogP contribution in [0, 0.1) is 0 Å². The van der Waals surface area contributed by atoms with Gasteiger partial charge in [-0.25, -0.2) is 9.59 Å². The molecule has 0 unspecified atom stereocenters. The van der Waals surface area contributed by atoms with Crippen molar-refractivity contribution in [3.63, 3.8) is 0 Å². The first-order chi connectivity index (χ1) is 4.37. The molecule has 5 heteroatoms. The summed E-state index contributed by atoms with van der Waals surface area (Å²) >= 11 is 0. The minimum absolute atomic E-state index is 0.333. The van der Waals surface area contributed by atoms with Crippen LogP contribution in [0.15, 0.2) is 0 Å². The van der Waals surface area contributed by atoms with E-state index in [1.165, 1.54) is 0 Å². The lowest BCUT2D eigenvalue weighted by Gasteiger charge is -1.81. The number of carboxylic acids is 2. The van der Waals surface area contributed by atoms with E-state index in [1.807, 2.05) is 13.8 Å². The summed E-state index contributed by atoms with van der Waals surface area (Å²) in [5.74, 6) is -3.65. The molecule has 0 aromatic rings. The Hall–Kier alpha value is -1.10. The average molecular weight is 149 g/mol. The normalized spacial score (nSPS) is 8.00. The molecule has 0 aliphatic heterocycles. The smallest absolute Gasteiger partial charge is 0.414 e. The van der Waals surface area contributed by atoms with Crippen molar-refractivity contribution in [3.8, 4) is 0 Å². The van der Waals surface area contributed by atoms with Gasteiger partial charge in [0, 0.05) is 0 Å². The van der Waals surface area contributed by atoms with E-state index in [9.17, 15) is 0 Å². The summed E-state index contributed by atoms with van der Waals surface area (Å²) in [5.41, 5.74) is 5.11. The number of hydrogen-bond acceptors (Lipinski definition) is 3. The van der Waals surface area contributed by atoms with E-state index in [-0.39, 0.29) is 0 Å². The van der Waals surface area contributed by atoms with Gasteiger partial charge in [0.2, 0.25) is 0 Å². The molecule has 0 rings (SSSR count). The second kappa shape index (κ2) is 6.03. The van der Waals surface area contributed by atoms with Crippen LogP contribution in [0.5, 0.6) is 0 Å². The van der Waals surface area contributed by atoms with Crippen molar-refractivity contribution in [2.24, 2.45) is 5.73 Å². The van der Waals surface area contributed by atoms with Crippen LogP contribution in [0.25, 0.3) is 0 Å². The number of carbonyl (C=O) groups is 2. The summed E-state index contributed by atoms with van der Waals surface area (Å²) in [6.07, 6.45) is 0. The van der Waals surface area contributed by atoms with E-state index in [1.54, 1.807) is 0 Å². The highest BCUT2D eigenvalue weighted by Crippen LogP contribution is 1.58. The number of carboxylic acid groups (broad SMARTS) is 2. The van der Waals surface area contributed by atoms with E-state index < -0.39 is 11.9 Å². The Morgan fingerprint density at radius 3 is 1.30 bits per heavy atom. The Labute approximate surface area is 58.5 Å². The zero-order valence-electron chi connectivity index (χ0n) is 5.87. The number of rotatable bonds is 0. The zero-order valence-corrected chi connectivity index (χ0v) is 5.87. The van der Waals surface area contributed by atoms with Crippen LogP contribution in [0.3, 0.4) is 0 Å². The van der Waals surface area contributed by atoms with Gasteiger partial charge in [0.05, 0.1) is 0 Å². The first-order valence-corrected chi connectivity index (χ1v) is 2.59. The first-order valence-electron chi connectivity index (χ1n) is 2.59. The fourth-order valence-corrected chi connectivity index (χ4v) is 0. The van der Waals surface area contributed by atoms with Gasteiger partial charge in [-0.05, 0) is 6.04 Å². The third-order valence-electron chi connectivity index (χ3n) is 0.183. The van der Waals surface area contributed by atoms with Gasteiger partial charge in [0.25, 0.3) is 0 Å². The second-order valence-electron chi connectivity index (χ2n) is 1.85. The van der Waals surface area contributed by atoms with Gasteiger partial charge >= 0.3 is 11.9 Å². The van der Waals surface area contributed by atoms with Crippen LogP contribution < -0.4 is 5.73 Å². The van der Waals surface area contributed by atoms with E-state index in [0.29, 0.717) is 6.04 Å². The molecule has 10 heavy (non-hydrogen) atoms. The van der Waals surface area contributed by atoms with Crippen molar-refractivity contribution in [1.29, 1.82) is 0 Å². The molecule has 0 heterocycles. The van der Waals surface area contributed by atoms with Crippen molar-refractivity contribution in [2.75, 3.05) is 0 Å². The molecule has 0 amide bonds. The fourth-order valence-electron chi connectivity index (χ4n) is 0. The van der Waals surface area contributed by atoms with Crippen LogP contribution >= 0.6 is 0 Å². The van der Waals surface area contributed by atoms with Crippen LogP contribution in [0.1, 0.15) is 13.8 Å². The van der Waals surface area contributed by atoms with E-state index >= 15 is 0 Å².